The molecule has 0 radical (unpaired) electrons. The van der Waals surface area contributed by atoms with Crippen molar-refractivity contribution in [2.75, 3.05) is 19.8 Å². The summed E-state index contributed by atoms with van der Waals surface area (Å²) in [5.41, 5.74) is 6.68. The lowest BCUT2D eigenvalue weighted by Crippen LogP contribution is -2.63. The van der Waals surface area contributed by atoms with Crippen molar-refractivity contribution in [2.24, 2.45) is 5.73 Å². The zero-order valence-electron chi connectivity index (χ0n) is 18.2. The molecule has 34 heavy (non-hydrogen) atoms. The molecule has 0 aliphatic carbocycles. The predicted molar refractivity (Wildman–Crippen MR) is 111 cm³/mol. The number of nitrogens with two attached hydrogens (primary N) is 1. The van der Waals surface area contributed by atoms with E-state index < -0.39 is 86.6 Å². The smallest absolute Gasteiger partial charge is 0.323 e. The summed E-state index contributed by atoms with van der Waals surface area (Å²) in [7, 11) is 0. The molecular formula is C21H31NO12. The molecule has 2 aliphatic heterocycles. The van der Waals surface area contributed by atoms with Crippen molar-refractivity contribution in [2.45, 2.75) is 67.3 Å². The highest BCUT2D eigenvalue weighted by Gasteiger charge is 2.59. The van der Waals surface area contributed by atoms with E-state index in [0.717, 1.165) is 5.56 Å². The number of benzene rings is 1. The van der Waals surface area contributed by atoms with Gasteiger partial charge in [-0.05, 0) is 12.0 Å². The van der Waals surface area contributed by atoms with E-state index in [-0.39, 0.29) is 6.42 Å². The number of esters is 1. The first-order valence-electron chi connectivity index (χ1n) is 10.7. The molecule has 0 saturated carbocycles. The van der Waals surface area contributed by atoms with E-state index in [1.54, 1.807) is 30.3 Å². The molecule has 10 atom stereocenters. The first-order chi connectivity index (χ1) is 16.1. The van der Waals surface area contributed by atoms with Gasteiger partial charge in [0.25, 0.3) is 0 Å². The van der Waals surface area contributed by atoms with Crippen LogP contribution >= 0.6 is 0 Å². The Morgan fingerprint density at radius 1 is 0.971 bits per heavy atom. The molecule has 2 heterocycles. The summed E-state index contributed by atoms with van der Waals surface area (Å²) in [4.78, 5) is 12.5. The lowest BCUT2D eigenvalue weighted by atomic mass is 9.99. The first-order valence-corrected chi connectivity index (χ1v) is 10.7. The SMILES string of the molecule is N[C@@H](Cc1ccccc1)C(=O)OC[C@@]1(O[C@H]2O[C@H](CO)[C@@H](O)[C@H](O)[C@H]2O)O[C@H](CO)[C@@H](O)[C@@H]1O. The molecule has 1 aromatic carbocycles. The molecular weight excluding hydrogens is 458 g/mol. The van der Waals surface area contributed by atoms with Crippen LogP contribution in [-0.4, -0.2) is 122 Å². The monoisotopic (exact) mass is 489 g/mol. The number of carbonyl (C=O) groups excluding carboxylic acids is 1. The van der Waals surface area contributed by atoms with Crippen LogP contribution in [0.4, 0.5) is 0 Å². The summed E-state index contributed by atoms with van der Waals surface area (Å²) >= 11 is 0. The average molecular weight is 489 g/mol. The molecule has 13 heteroatoms. The topological polar surface area (TPSA) is 222 Å². The molecule has 9 N–H and O–H groups in total. The summed E-state index contributed by atoms with van der Waals surface area (Å²) in [5.74, 6) is -3.24. The zero-order valence-corrected chi connectivity index (χ0v) is 18.2. The van der Waals surface area contributed by atoms with Gasteiger partial charge in [-0.1, -0.05) is 30.3 Å². The van der Waals surface area contributed by atoms with E-state index in [4.69, 9.17) is 24.7 Å². The van der Waals surface area contributed by atoms with Crippen LogP contribution in [0, 0.1) is 0 Å². The number of aliphatic hydroxyl groups excluding tert-OH is 7. The van der Waals surface area contributed by atoms with E-state index in [1.807, 2.05) is 0 Å². The van der Waals surface area contributed by atoms with Crippen LogP contribution in [0.15, 0.2) is 30.3 Å². The number of carbonyl (C=O) groups is 1. The summed E-state index contributed by atoms with van der Waals surface area (Å²) < 4.78 is 21.5. The third-order valence-electron chi connectivity index (χ3n) is 5.87. The van der Waals surface area contributed by atoms with Crippen molar-refractivity contribution in [3.05, 3.63) is 35.9 Å². The van der Waals surface area contributed by atoms with Gasteiger partial charge < -0.3 is 60.4 Å². The van der Waals surface area contributed by atoms with Crippen molar-refractivity contribution in [1.82, 2.24) is 0 Å². The maximum Gasteiger partial charge on any atom is 0.323 e. The maximum absolute atomic E-state index is 12.5. The van der Waals surface area contributed by atoms with Crippen molar-refractivity contribution in [3.8, 4) is 0 Å². The number of rotatable bonds is 9. The Kier molecular flexibility index (Phi) is 8.94. The van der Waals surface area contributed by atoms with Crippen LogP contribution in [0.25, 0.3) is 0 Å². The highest BCUT2D eigenvalue weighted by Crippen LogP contribution is 2.36. The lowest BCUT2D eigenvalue weighted by Gasteiger charge is -2.43. The van der Waals surface area contributed by atoms with Crippen molar-refractivity contribution in [3.63, 3.8) is 0 Å². The lowest BCUT2D eigenvalue weighted by molar-refractivity contribution is -0.383. The molecule has 3 rings (SSSR count). The molecule has 192 valence electrons. The Bertz CT molecular complexity index is 797. The molecule has 0 aromatic heterocycles. The van der Waals surface area contributed by atoms with Gasteiger partial charge in [-0.25, -0.2) is 0 Å². The molecule has 0 amide bonds. The van der Waals surface area contributed by atoms with E-state index in [2.05, 4.69) is 0 Å². The van der Waals surface area contributed by atoms with E-state index in [1.165, 1.54) is 0 Å². The molecule has 0 bridgehead atoms. The van der Waals surface area contributed by atoms with E-state index in [0.29, 0.717) is 0 Å². The van der Waals surface area contributed by atoms with Gasteiger partial charge in [-0.15, -0.1) is 0 Å². The number of ether oxygens (including phenoxy) is 4. The Balaban J connectivity index is 1.75. The third-order valence-corrected chi connectivity index (χ3v) is 5.87. The highest BCUT2D eigenvalue weighted by atomic mass is 16.8. The fraction of sp³-hybridized carbons (Fsp3) is 0.667. The Labute approximate surface area is 194 Å². The van der Waals surface area contributed by atoms with Crippen LogP contribution in [0.2, 0.25) is 0 Å². The van der Waals surface area contributed by atoms with Gasteiger partial charge in [0.05, 0.1) is 13.2 Å². The van der Waals surface area contributed by atoms with Crippen LogP contribution in [0.1, 0.15) is 5.56 Å². The van der Waals surface area contributed by atoms with Crippen LogP contribution < -0.4 is 5.73 Å². The molecule has 2 saturated heterocycles. The summed E-state index contributed by atoms with van der Waals surface area (Å²) in [5, 5.41) is 69.9. The fourth-order valence-electron chi connectivity index (χ4n) is 3.85. The number of aliphatic hydroxyl groups is 7. The summed E-state index contributed by atoms with van der Waals surface area (Å²) in [6.45, 7) is -2.32. The average Bonchev–Trinajstić information content (AvgIpc) is 3.08. The summed E-state index contributed by atoms with van der Waals surface area (Å²) in [6.07, 6.45) is -13.2. The van der Waals surface area contributed by atoms with Crippen LogP contribution in [0.3, 0.4) is 0 Å². The minimum Gasteiger partial charge on any atom is -0.459 e. The van der Waals surface area contributed by atoms with E-state index in [9.17, 15) is 40.5 Å². The molecule has 2 aliphatic rings. The Morgan fingerprint density at radius 3 is 2.21 bits per heavy atom. The minimum absolute atomic E-state index is 0.144. The normalized spacial score (nSPS) is 39.1. The molecule has 13 nitrogen and oxygen atoms in total. The second kappa shape index (κ2) is 11.3. The van der Waals surface area contributed by atoms with Gasteiger partial charge in [0.15, 0.2) is 6.29 Å². The molecule has 0 spiro atoms. The van der Waals surface area contributed by atoms with Gasteiger partial charge >= 0.3 is 5.97 Å². The predicted octanol–water partition coefficient (Wildman–Crippen LogP) is -4.27. The quantitative estimate of drug-likeness (QED) is 0.154. The fourth-order valence-corrected chi connectivity index (χ4v) is 3.85. The number of hydrogen-bond donors (Lipinski definition) is 8. The zero-order chi connectivity index (χ0) is 25.0. The van der Waals surface area contributed by atoms with Crippen LogP contribution in [0.5, 0.6) is 0 Å². The maximum atomic E-state index is 12.5. The first kappa shape index (κ1) is 26.8. The van der Waals surface area contributed by atoms with E-state index >= 15 is 0 Å². The second-order valence-corrected chi connectivity index (χ2v) is 8.31. The number of hydrogen-bond acceptors (Lipinski definition) is 13. The van der Waals surface area contributed by atoms with Crippen molar-refractivity contribution >= 4 is 5.97 Å². The van der Waals surface area contributed by atoms with Gasteiger partial charge in [-0.2, -0.15) is 0 Å². The minimum atomic E-state index is -2.34. The Hall–Kier alpha value is -1.75. The largest absolute Gasteiger partial charge is 0.459 e. The van der Waals surface area contributed by atoms with Gasteiger partial charge in [-0.3, -0.25) is 4.79 Å². The van der Waals surface area contributed by atoms with Crippen molar-refractivity contribution < 1.29 is 59.5 Å². The van der Waals surface area contributed by atoms with Crippen LogP contribution in [-0.2, 0) is 30.2 Å². The second-order valence-electron chi connectivity index (χ2n) is 8.31. The summed E-state index contributed by atoms with van der Waals surface area (Å²) in [6, 6.07) is 7.79. The standard InChI is InChI=1S/C21H31NO12/c22-11(6-10-4-2-1-3-5-10)19(30)31-9-21(18(29)15(26)13(8-24)33-21)34-20-17(28)16(27)14(25)12(7-23)32-20/h1-5,11-18,20,23-29H,6-9,22H2/t11-,12+,13+,14+,15+,16-,17+,18-,20+,21-/m0/s1. The van der Waals surface area contributed by atoms with Gasteiger partial charge in [0.1, 0.15) is 55.4 Å². The van der Waals surface area contributed by atoms with Gasteiger partial charge in [0, 0.05) is 0 Å². The molecule has 1 aromatic rings. The Morgan fingerprint density at radius 2 is 1.62 bits per heavy atom. The van der Waals surface area contributed by atoms with Crippen molar-refractivity contribution in [1.29, 1.82) is 0 Å². The van der Waals surface area contributed by atoms with Gasteiger partial charge in [0.2, 0.25) is 5.79 Å². The third kappa shape index (κ3) is 5.56. The molecule has 0 unspecified atom stereocenters. The molecule has 2 fully saturated rings. The highest BCUT2D eigenvalue weighted by molar-refractivity contribution is 5.76.